The third-order valence-corrected chi connectivity index (χ3v) is 1.42. The molecular formula is C10H12O5. The fourth-order valence-corrected chi connectivity index (χ4v) is 0.690. The number of aliphatic carboxylic acids is 1. The summed E-state index contributed by atoms with van der Waals surface area (Å²) in [6, 6.07) is 0. The summed E-state index contributed by atoms with van der Waals surface area (Å²) in [6.07, 6.45) is 4.64. The number of carboxylic acids is 1. The van der Waals surface area contributed by atoms with Crippen LogP contribution in [0.3, 0.4) is 0 Å². The van der Waals surface area contributed by atoms with Gasteiger partial charge in [-0.2, -0.15) is 0 Å². The summed E-state index contributed by atoms with van der Waals surface area (Å²) in [5.74, 6) is 1.06. The monoisotopic (exact) mass is 212 g/mol. The predicted octanol–water partition coefficient (Wildman–Crippen LogP) is 1.19. The van der Waals surface area contributed by atoms with E-state index in [2.05, 4.69) is 22.0 Å². The van der Waals surface area contributed by atoms with Crippen molar-refractivity contribution in [3.8, 4) is 12.3 Å². The van der Waals surface area contributed by atoms with Gasteiger partial charge in [0.15, 0.2) is 6.61 Å². The van der Waals surface area contributed by atoms with Crippen LogP contribution in [0.5, 0.6) is 0 Å². The first kappa shape index (κ1) is 13.0. The van der Waals surface area contributed by atoms with E-state index in [1.54, 1.807) is 0 Å². The van der Waals surface area contributed by atoms with Gasteiger partial charge < -0.3 is 14.6 Å². The van der Waals surface area contributed by atoms with Crippen LogP contribution in [0.4, 0.5) is 4.79 Å². The van der Waals surface area contributed by atoms with E-state index in [0.29, 0.717) is 6.42 Å². The van der Waals surface area contributed by atoms with E-state index in [0.717, 1.165) is 0 Å². The van der Waals surface area contributed by atoms with Crippen LogP contribution in [0.1, 0.15) is 12.8 Å². The lowest BCUT2D eigenvalue weighted by atomic mass is 10.2. The molecule has 0 aromatic heterocycles. The third kappa shape index (κ3) is 7.14. The van der Waals surface area contributed by atoms with Crippen LogP contribution < -0.4 is 0 Å². The topological polar surface area (TPSA) is 72.8 Å². The fraction of sp³-hybridized carbons (Fsp3) is 0.400. The minimum Gasteiger partial charge on any atom is -0.478 e. The molecule has 15 heavy (non-hydrogen) atoms. The Bertz CT molecular complexity index is 287. The van der Waals surface area contributed by atoms with E-state index in [1.165, 1.54) is 0 Å². The number of carbonyl (C=O) groups is 2. The number of ether oxygens (including phenoxy) is 2. The van der Waals surface area contributed by atoms with Gasteiger partial charge in [-0.15, -0.1) is 6.42 Å². The molecule has 0 amide bonds. The third-order valence-electron chi connectivity index (χ3n) is 1.42. The lowest BCUT2D eigenvalue weighted by molar-refractivity contribution is -0.132. The van der Waals surface area contributed by atoms with Crippen LogP contribution in [-0.2, 0) is 14.3 Å². The van der Waals surface area contributed by atoms with Gasteiger partial charge in [0.1, 0.15) is 0 Å². The van der Waals surface area contributed by atoms with Gasteiger partial charge in [-0.3, -0.25) is 0 Å². The van der Waals surface area contributed by atoms with Gasteiger partial charge in [0, 0.05) is 5.57 Å². The van der Waals surface area contributed by atoms with Crippen molar-refractivity contribution in [2.45, 2.75) is 12.8 Å². The van der Waals surface area contributed by atoms with Crippen molar-refractivity contribution in [1.29, 1.82) is 0 Å². The number of carbonyl (C=O) groups excluding carboxylic acids is 1. The molecule has 82 valence electrons. The summed E-state index contributed by atoms with van der Waals surface area (Å²) >= 11 is 0. The largest absolute Gasteiger partial charge is 0.509 e. The molecule has 0 aliphatic heterocycles. The van der Waals surface area contributed by atoms with Crippen molar-refractivity contribution < 1.29 is 24.2 Å². The number of rotatable bonds is 6. The molecule has 0 aliphatic carbocycles. The van der Waals surface area contributed by atoms with Crippen molar-refractivity contribution in [3.05, 3.63) is 12.2 Å². The van der Waals surface area contributed by atoms with Gasteiger partial charge in [0.25, 0.3) is 0 Å². The molecular weight excluding hydrogens is 200 g/mol. The molecule has 0 saturated heterocycles. The minimum absolute atomic E-state index is 0.0791. The van der Waals surface area contributed by atoms with E-state index in [-0.39, 0.29) is 25.2 Å². The maximum absolute atomic E-state index is 10.7. The van der Waals surface area contributed by atoms with Crippen molar-refractivity contribution in [2.24, 2.45) is 0 Å². The maximum Gasteiger partial charge on any atom is 0.509 e. The highest BCUT2D eigenvalue weighted by Gasteiger charge is 2.05. The van der Waals surface area contributed by atoms with Crippen LogP contribution in [0, 0.1) is 12.3 Å². The molecule has 0 bridgehead atoms. The quantitative estimate of drug-likeness (QED) is 0.310. The maximum atomic E-state index is 10.7. The number of hydrogen-bond acceptors (Lipinski definition) is 4. The van der Waals surface area contributed by atoms with Crippen LogP contribution >= 0.6 is 0 Å². The Morgan fingerprint density at radius 2 is 2.07 bits per heavy atom. The fourth-order valence-electron chi connectivity index (χ4n) is 0.690. The zero-order valence-corrected chi connectivity index (χ0v) is 8.19. The van der Waals surface area contributed by atoms with E-state index in [4.69, 9.17) is 11.5 Å². The molecule has 0 aliphatic rings. The van der Waals surface area contributed by atoms with E-state index in [9.17, 15) is 9.59 Å². The number of terminal acetylenes is 1. The first-order valence-electron chi connectivity index (χ1n) is 4.22. The van der Waals surface area contributed by atoms with Gasteiger partial charge in [-0.25, -0.2) is 9.59 Å². The molecule has 5 nitrogen and oxygen atoms in total. The Hall–Kier alpha value is -1.96. The summed E-state index contributed by atoms with van der Waals surface area (Å²) in [5.41, 5.74) is 0.0793. The van der Waals surface area contributed by atoms with Crippen LogP contribution in [-0.4, -0.2) is 30.4 Å². The van der Waals surface area contributed by atoms with Crippen LogP contribution in [0.15, 0.2) is 12.2 Å². The first-order valence-corrected chi connectivity index (χ1v) is 4.22. The molecule has 0 aromatic carbocycles. The van der Waals surface area contributed by atoms with Gasteiger partial charge in [-0.05, 0) is 12.8 Å². The van der Waals surface area contributed by atoms with Crippen LogP contribution in [0.2, 0.25) is 0 Å². The molecule has 0 rings (SSSR count). The Kier molecular flexibility index (Phi) is 6.47. The van der Waals surface area contributed by atoms with Crippen molar-refractivity contribution in [3.63, 3.8) is 0 Å². The van der Waals surface area contributed by atoms with Gasteiger partial charge in [0.2, 0.25) is 0 Å². The van der Waals surface area contributed by atoms with E-state index in [1.807, 2.05) is 0 Å². The van der Waals surface area contributed by atoms with Crippen molar-refractivity contribution in [1.82, 2.24) is 0 Å². The highest BCUT2D eigenvalue weighted by Crippen LogP contribution is 2.02. The molecule has 0 fully saturated rings. The summed E-state index contributed by atoms with van der Waals surface area (Å²) in [6.45, 7) is 3.26. The Balaban J connectivity index is 3.47. The minimum atomic E-state index is -1.05. The summed E-state index contributed by atoms with van der Waals surface area (Å²) < 4.78 is 8.99. The zero-order valence-electron chi connectivity index (χ0n) is 8.19. The van der Waals surface area contributed by atoms with Gasteiger partial charge in [-0.1, -0.05) is 12.5 Å². The Morgan fingerprint density at radius 1 is 1.40 bits per heavy atom. The lowest BCUT2D eigenvalue weighted by Crippen LogP contribution is -2.09. The SMILES string of the molecule is C#CCOC(=O)OCCCC(=C)C(=O)O. The molecule has 0 heterocycles. The molecule has 0 saturated carbocycles. The average molecular weight is 212 g/mol. The normalized spacial score (nSPS) is 8.73. The Labute approximate surface area is 87.7 Å². The molecule has 0 radical (unpaired) electrons. The molecule has 1 N–H and O–H groups in total. The smallest absolute Gasteiger partial charge is 0.478 e. The highest BCUT2D eigenvalue weighted by atomic mass is 16.7. The molecule has 0 aromatic rings. The second-order valence-electron chi connectivity index (χ2n) is 2.60. The highest BCUT2D eigenvalue weighted by molar-refractivity contribution is 5.85. The lowest BCUT2D eigenvalue weighted by Gasteiger charge is -2.03. The zero-order chi connectivity index (χ0) is 11.7. The van der Waals surface area contributed by atoms with Crippen molar-refractivity contribution in [2.75, 3.05) is 13.2 Å². The number of hydrogen-bond donors (Lipinski definition) is 1. The first-order chi connectivity index (χ1) is 7.07. The van der Waals surface area contributed by atoms with Gasteiger partial charge >= 0.3 is 12.1 Å². The second kappa shape index (κ2) is 7.44. The molecule has 0 spiro atoms. The standard InChI is InChI=1S/C10H12O5/c1-3-6-14-10(13)15-7-4-5-8(2)9(11)12/h1H,2,4-7H2,(H,11,12). The van der Waals surface area contributed by atoms with Crippen LogP contribution in [0.25, 0.3) is 0 Å². The molecule has 0 unspecified atom stereocenters. The number of carboxylic acid groups (broad SMARTS) is 1. The van der Waals surface area contributed by atoms with Crippen molar-refractivity contribution >= 4 is 12.1 Å². The summed E-state index contributed by atoms with van der Waals surface area (Å²) in [7, 11) is 0. The second-order valence-corrected chi connectivity index (χ2v) is 2.60. The van der Waals surface area contributed by atoms with Gasteiger partial charge in [0.05, 0.1) is 6.61 Å². The summed E-state index contributed by atoms with van der Waals surface area (Å²) in [5, 5.41) is 8.45. The molecule has 5 heteroatoms. The van der Waals surface area contributed by atoms with E-state index < -0.39 is 12.1 Å². The predicted molar refractivity (Wildman–Crippen MR) is 52.1 cm³/mol. The van der Waals surface area contributed by atoms with E-state index >= 15 is 0 Å². The Morgan fingerprint density at radius 3 is 2.60 bits per heavy atom. The summed E-state index contributed by atoms with van der Waals surface area (Å²) in [4.78, 5) is 21.0. The average Bonchev–Trinajstić information content (AvgIpc) is 2.20. The molecule has 0 atom stereocenters.